The molecule has 0 bridgehead atoms. The SMILES string of the molecule is CC1(C)O[C@@H]2CC3C4C[C@H](F)C5=CC(=O)C=C[C@]5(C)C4[C@@H](O)C[C@]3(C)[C@]2(C(=O)C(=O)O)O1. The molecule has 7 nitrogen and oxygen atoms in total. The Labute approximate surface area is 185 Å². The number of carbonyl (C=O) groups excluding carboxylic acids is 2. The van der Waals surface area contributed by atoms with Crippen molar-refractivity contribution in [3.8, 4) is 0 Å². The first-order valence-corrected chi connectivity index (χ1v) is 11.2. The fourth-order valence-corrected chi connectivity index (χ4v) is 7.99. The maximum atomic E-state index is 15.5. The third-order valence-electron chi connectivity index (χ3n) is 9.00. The fraction of sp³-hybridized carbons (Fsp3) is 0.708. The van der Waals surface area contributed by atoms with Gasteiger partial charge in [0.1, 0.15) is 6.17 Å². The number of rotatable bonds is 2. The van der Waals surface area contributed by atoms with Crippen molar-refractivity contribution in [3.05, 3.63) is 23.8 Å². The summed E-state index contributed by atoms with van der Waals surface area (Å²) in [5.41, 5.74) is -3.25. The largest absolute Gasteiger partial charge is 0.475 e. The van der Waals surface area contributed by atoms with Crippen LogP contribution in [0.2, 0.25) is 0 Å². The minimum Gasteiger partial charge on any atom is -0.475 e. The molecular formula is C24H29FO7. The molecule has 174 valence electrons. The number of ketones is 2. The molecule has 0 spiro atoms. The van der Waals surface area contributed by atoms with Crippen LogP contribution in [0.15, 0.2) is 23.8 Å². The van der Waals surface area contributed by atoms with Crippen LogP contribution in [0.1, 0.15) is 47.0 Å². The van der Waals surface area contributed by atoms with Gasteiger partial charge in [-0.25, -0.2) is 9.18 Å². The maximum Gasteiger partial charge on any atom is 0.375 e. The van der Waals surface area contributed by atoms with E-state index in [1.165, 1.54) is 12.2 Å². The summed E-state index contributed by atoms with van der Waals surface area (Å²) in [6, 6.07) is 0. The Morgan fingerprint density at radius 3 is 2.53 bits per heavy atom. The van der Waals surface area contributed by atoms with Crippen molar-refractivity contribution in [1.82, 2.24) is 0 Å². The van der Waals surface area contributed by atoms with Gasteiger partial charge in [0.25, 0.3) is 5.78 Å². The van der Waals surface area contributed by atoms with Gasteiger partial charge >= 0.3 is 5.97 Å². The standard InChI is InChI=1S/C24H29FO7/c1-21(2)31-17-9-13-12-8-15(25)14-7-11(26)5-6-22(14,3)18(12)16(27)10-23(13,4)24(17,32-21)19(28)20(29)30/h5-7,12-13,15-18,27H,8-10H2,1-4H3,(H,29,30)/t12?,13?,15-,16-,17+,18?,22-,23-,24-/m0/s1. The van der Waals surface area contributed by atoms with Crippen molar-refractivity contribution in [3.63, 3.8) is 0 Å². The second-order valence-corrected chi connectivity index (χ2v) is 11.0. The van der Waals surface area contributed by atoms with Gasteiger partial charge in [-0.3, -0.25) is 9.59 Å². The predicted octanol–water partition coefficient (Wildman–Crippen LogP) is 2.37. The van der Waals surface area contributed by atoms with E-state index >= 15 is 4.39 Å². The summed E-state index contributed by atoms with van der Waals surface area (Å²) >= 11 is 0. The van der Waals surface area contributed by atoms with Crippen LogP contribution in [0.25, 0.3) is 0 Å². The predicted molar refractivity (Wildman–Crippen MR) is 109 cm³/mol. The molecule has 1 aliphatic heterocycles. The van der Waals surface area contributed by atoms with E-state index in [1.807, 2.05) is 6.92 Å². The molecule has 4 aliphatic carbocycles. The van der Waals surface area contributed by atoms with Crippen LogP contribution >= 0.6 is 0 Å². The summed E-state index contributed by atoms with van der Waals surface area (Å²) in [6.07, 6.45) is 1.92. The van der Waals surface area contributed by atoms with Crippen molar-refractivity contribution < 1.29 is 38.5 Å². The van der Waals surface area contributed by atoms with E-state index in [4.69, 9.17) is 9.47 Å². The van der Waals surface area contributed by atoms with Gasteiger partial charge in [-0.2, -0.15) is 0 Å². The van der Waals surface area contributed by atoms with E-state index in [1.54, 1.807) is 26.8 Å². The second-order valence-electron chi connectivity index (χ2n) is 11.0. The normalized spacial score (nSPS) is 50.7. The quantitative estimate of drug-likeness (QED) is 0.624. The van der Waals surface area contributed by atoms with Gasteiger partial charge < -0.3 is 19.7 Å². The molecule has 0 radical (unpaired) electrons. The molecule has 0 aromatic heterocycles. The fourth-order valence-electron chi connectivity index (χ4n) is 7.99. The van der Waals surface area contributed by atoms with E-state index in [0.29, 0.717) is 12.0 Å². The van der Waals surface area contributed by atoms with E-state index in [9.17, 15) is 24.6 Å². The Morgan fingerprint density at radius 2 is 1.88 bits per heavy atom. The van der Waals surface area contributed by atoms with Crippen molar-refractivity contribution in [2.45, 2.75) is 76.7 Å². The number of allylic oxidation sites excluding steroid dienone is 4. The van der Waals surface area contributed by atoms with Crippen LogP contribution < -0.4 is 0 Å². The number of Topliss-reactive ketones (excluding diaryl/α,β-unsaturated/α-hetero) is 1. The van der Waals surface area contributed by atoms with E-state index in [0.717, 1.165) is 0 Å². The molecule has 4 fully saturated rings. The number of hydrogen-bond acceptors (Lipinski definition) is 6. The first-order chi connectivity index (χ1) is 14.8. The summed E-state index contributed by atoms with van der Waals surface area (Å²) < 4.78 is 27.6. The van der Waals surface area contributed by atoms with E-state index < -0.39 is 52.4 Å². The molecule has 0 aromatic carbocycles. The molecule has 3 saturated carbocycles. The Hall–Kier alpha value is -1.90. The van der Waals surface area contributed by atoms with Gasteiger partial charge in [0.2, 0.25) is 0 Å². The highest BCUT2D eigenvalue weighted by atomic mass is 19.1. The minimum atomic E-state index is -1.75. The number of alkyl halides is 1. The highest BCUT2D eigenvalue weighted by Gasteiger charge is 2.78. The van der Waals surface area contributed by atoms with Gasteiger partial charge in [-0.05, 0) is 62.7 Å². The van der Waals surface area contributed by atoms with Crippen LogP contribution in [0.3, 0.4) is 0 Å². The molecular weight excluding hydrogens is 419 g/mol. The number of aliphatic hydroxyl groups is 1. The maximum absolute atomic E-state index is 15.5. The summed E-state index contributed by atoms with van der Waals surface area (Å²) in [7, 11) is 0. The number of halogens is 1. The molecule has 8 heteroatoms. The van der Waals surface area contributed by atoms with Crippen LogP contribution in [-0.4, -0.2) is 57.5 Å². The summed E-state index contributed by atoms with van der Waals surface area (Å²) in [5, 5.41) is 21.1. The molecule has 3 unspecified atom stereocenters. The number of aliphatic carboxylic acids is 1. The zero-order chi connectivity index (χ0) is 23.4. The molecule has 1 saturated heterocycles. The van der Waals surface area contributed by atoms with Crippen LogP contribution in [-0.2, 0) is 23.9 Å². The Morgan fingerprint density at radius 1 is 1.19 bits per heavy atom. The third-order valence-corrected chi connectivity index (χ3v) is 9.00. The van der Waals surface area contributed by atoms with Crippen molar-refractivity contribution in [1.29, 1.82) is 0 Å². The van der Waals surface area contributed by atoms with Crippen LogP contribution in [0, 0.1) is 28.6 Å². The highest BCUT2D eigenvalue weighted by Crippen LogP contribution is 2.70. The number of hydrogen-bond donors (Lipinski definition) is 2. The molecule has 0 amide bonds. The van der Waals surface area contributed by atoms with Crippen molar-refractivity contribution in [2.24, 2.45) is 28.6 Å². The summed E-state index contributed by atoms with van der Waals surface area (Å²) in [5.74, 6) is -5.10. The first-order valence-electron chi connectivity index (χ1n) is 11.2. The van der Waals surface area contributed by atoms with E-state index in [-0.39, 0.29) is 36.4 Å². The lowest BCUT2D eigenvalue weighted by Crippen LogP contribution is -2.65. The number of ether oxygens (including phenoxy) is 2. The number of carboxylic acid groups (broad SMARTS) is 1. The molecule has 0 aromatic rings. The number of aliphatic hydroxyl groups excluding tert-OH is 1. The monoisotopic (exact) mass is 448 g/mol. The Balaban J connectivity index is 1.63. The Bertz CT molecular complexity index is 985. The van der Waals surface area contributed by atoms with Crippen LogP contribution in [0.5, 0.6) is 0 Å². The summed E-state index contributed by atoms with van der Waals surface area (Å²) in [4.78, 5) is 37.0. The lowest BCUT2D eigenvalue weighted by atomic mass is 9.46. The molecule has 2 N–H and O–H groups in total. The topological polar surface area (TPSA) is 110 Å². The van der Waals surface area contributed by atoms with E-state index in [2.05, 4.69) is 0 Å². The lowest BCUT2D eigenvalue weighted by Gasteiger charge is -2.60. The molecule has 9 atom stereocenters. The zero-order valence-electron chi connectivity index (χ0n) is 18.6. The van der Waals surface area contributed by atoms with Gasteiger partial charge in [-0.1, -0.05) is 19.9 Å². The second kappa shape index (κ2) is 6.36. The zero-order valence-corrected chi connectivity index (χ0v) is 18.6. The minimum absolute atomic E-state index is 0.0952. The first kappa shape index (κ1) is 21.9. The highest BCUT2D eigenvalue weighted by molar-refractivity contribution is 6.36. The van der Waals surface area contributed by atoms with Crippen LogP contribution in [0.4, 0.5) is 4.39 Å². The number of carbonyl (C=O) groups is 3. The lowest BCUT2D eigenvalue weighted by molar-refractivity contribution is -0.226. The van der Waals surface area contributed by atoms with Crippen molar-refractivity contribution >= 4 is 17.5 Å². The Kier molecular flexibility index (Phi) is 4.36. The number of carboxylic acids is 1. The van der Waals surface area contributed by atoms with Gasteiger partial charge in [0.15, 0.2) is 17.2 Å². The molecule has 1 heterocycles. The third kappa shape index (κ3) is 2.49. The van der Waals surface area contributed by atoms with Gasteiger partial charge in [0, 0.05) is 16.7 Å². The van der Waals surface area contributed by atoms with Gasteiger partial charge in [0.05, 0.1) is 12.2 Å². The average Bonchev–Trinajstić information content (AvgIpc) is 3.08. The van der Waals surface area contributed by atoms with Crippen molar-refractivity contribution in [2.75, 3.05) is 0 Å². The van der Waals surface area contributed by atoms with Gasteiger partial charge in [-0.15, -0.1) is 0 Å². The molecule has 32 heavy (non-hydrogen) atoms. The average molecular weight is 448 g/mol. The smallest absolute Gasteiger partial charge is 0.375 e. The molecule has 5 rings (SSSR count). The molecule has 5 aliphatic rings. The summed E-state index contributed by atoms with van der Waals surface area (Å²) in [6.45, 7) is 6.91. The number of fused-ring (bicyclic) bond motifs is 7.